The molecule has 0 bridgehead atoms. The molecule has 0 aromatic heterocycles. The molecule has 0 aliphatic rings. The number of nitrogens with one attached hydrogen (secondary N) is 1. The van der Waals surface area contributed by atoms with E-state index in [2.05, 4.69) is 5.32 Å². The zero-order chi connectivity index (χ0) is 12.0. The van der Waals surface area contributed by atoms with Crippen molar-refractivity contribution in [3.63, 3.8) is 0 Å². The van der Waals surface area contributed by atoms with Crippen LogP contribution in [-0.2, 0) is 11.2 Å². The van der Waals surface area contributed by atoms with E-state index < -0.39 is 5.97 Å². The highest BCUT2D eigenvalue weighted by molar-refractivity contribution is 5.66. The largest absolute Gasteiger partial charge is 0.497 e. The Labute approximate surface area is 95.2 Å². The minimum Gasteiger partial charge on any atom is -0.497 e. The van der Waals surface area contributed by atoms with Gasteiger partial charge in [-0.2, -0.15) is 0 Å². The smallest absolute Gasteiger partial charge is 0.303 e. The normalized spacial score (nSPS) is 9.88. The molecule has 0 unspecified atom stereocenters. The van der Waals surface area contributed by atoms with Gasteiger partial charge < -0.3 is 15.2 Å². The molecule has 1 rings (SSSR count). The predicted molar refractivity (Wildman–Crippen MR) is 63.1 cm³/mol. The van der Waals surface area contributed by atoms with Gasteiger partial charge >= 0.3 is 5.97 Å². The summed E-state index contributed by atoms with van der Waals surface area (Å²) in [6.45, 7) is 0. The number of methoxy groups -OCH3 is 1. The molecule has 0 saturated heterocycles. The fourth-order valence-electron chi connectivity index (χ4n) is 1.58. The second-order valence-corrected chi connectivity index (χ2v) is 3.52. The first kappa shape index (κ1) is 12.4. The predicted octanol–water partition coefficient (Wildman–Crippen LogP) is 2.14. The van der Waals surface area contributed by atoms with Gasteiger partial charge in [0.05, 0.1) is 7.11 Å². The van der Waals surface area contributed by atoms with Crippen LogP contribution in [0.3, 0.4) is 0 Å². The Morgan fingerprint density at radius 3 is 2.81 bits per heavy atom. The van der Waals surface area contributed by atoms with E-state index in [1.807, 2.05) is 25.2 Å². The van der Waals surface area contributed by atoms with Crippen molar-refractivity contribution >= 4 is 11.7 Å². The number of aryl methyl sites for hydroxylation is 1. The highest BCUT2D eigenvalue weighted by Crippen LogP contribution is 2.23. The van der Waals surface area contributed by atoms with Gasteiger partial charge in [-0.05, 0) is 36.6 Å². The van der Waals surface area contributed by atoms with E-state index in [0.717, 1.165) is 23.4 Å². The van der Waals surface area contributed by atoms with Gasteiger partial charge in [0.2, 0.25) is 0 Å². The molecule has 1 aromatic rings. The summed E-state index contributed by atoms with van der Waals surface area (Å²) >= 11 is 0. The van der Waals surface area contributed by atoms with Crippen LogP contribution < -0.4 is 10.1 Å². The minimum absolute atomic E-state index is 0.195. The lowest BCUT2D eigenvalue weighted by atomic mass is 10.1. The maximum Gasteiger partial charge on any atom is 0.303 e. The highest BCUT2D eigenvalue weighted by Gasteiger charge is 2.04. The second-order valence-electron chi connectivity index (χ2n) is 3.52. The molecule has 0 heterocycles. The maximum atomic E-state index is 10.4. The summed E-state index contributed by atoms with van der Waals surface area (Å²) in [5.41, 5.74) is 2.11. The third-order valence-electron chi connectivity index (χ3n) is 2.42. The van der Waals surface area contributed by atoms with Crippen molar-refractivity contribution in [2.75, 3.05) is 19.5 Å². The number of aliphatic carboxylic acids is 1. The lowest BCUT2D eigenvalue weighted by Gasteiger charge is -2.10. The molecule has 0 aliphatic carbocycles. The quantitative estimate of drug-likeness (QED) is 0.775. The van der Waals surface area contributed by atoms with Crippen molar-refractivity contribution in [2.45, 2.75) is 19.3 Å². The van der Waals surface area contributed by atoms with Crippen molar-refractivity contribution in [3.8, 4) is 5.75 Å². The fourth-order valence-corrected chi connectivity index (χ4v) is 1.58. The highest BCUT2D eigenvalue weighted by atomic mass is 16.5. The third-order valence-corrected chi connectivity index (χ3v) is 2.42. The summed E-state index contributed by atoms with van der Waals surface area (Å²) in [6.07, 6.45) is 1.57. The Balaban J connectivity index is 2.71. The fraction of sp³-hybridized carbons (Fsp3) is 0.417. The van der Waals surface area contributed by atoms with Crippen LogP contribution in [0.4, 0.5) is 5.69 Å². The summed E-state index contributed by atoms with van der Waals surface area (Å²) in [6, 6.07) is 5.76. The summed E-state index contributed by atoms with van der Waals surface area (Å²) in [5.74, 6) is 0.0400. The molecule has 16 heavy (non-hydrogen) atoms. The van der Waals surface area contributed by atoms with Gasteiger partial charge in [-0.3, -0.25) is 4.79 Å². The second kappa shape index (κ2) is 6.00. The molecule has 0 spiro atoms. The molecular weight excluding hydrogens is 206 g/mol. The molecule has 4 nitrogen and oxygen atoms in total. The standard InChI is InChI=1S/C12H17NO3/c1-13-11-7-6-10(16-2)8-9(11)4-3-5-12(14)15/h6-8,13H,3-5H2,1-2H3,(H,14,15). The number of carboxylic acids is 1. The Bertz CT molecular complexity index is 363. The maximum absolute atomic E-state index is 10.4. The van der Waals surface area contributed by atoms with E-state index in [0.29, 0.717) is 6.42 Å². The molecule has 0 radical (unpaired) electrons. The van der Waals surface area contributed by atoms with E-state index in [9.17, 15) is 4.79 Å². The number of hydrogen-bond acceptors (Lipinski definition) is 3. The van der Waals surface area contributed by atoms with E-state index in [4.69, 9.17) is 9.84 Å². The Hall–Kier alpha value is -1.71. The van der Waals surface area contributed by atoms with Crippen molar-refractivity contribution in [1.29, 1.82) is 0 Å². The number of anilines is 1. The van der Waals surface area contributed by atoms with Crippen LogP contribution >= 0.6 is 0 Å². The van der Waals surface area contributed by atoms with Gasteiger partial charge in [0.1, 0.15) is 5.75 Å². The Morgan fingerprint density at radius 1 is 1.50 bits per heavy atom. The molecule has 2 N–H and O–H groups in total. The van der Waals surface area contributed by atoms with E-state index in [1.54, 1.807) is 7.11 Å². The number of carboxylic acid groups (broad SMARTS) is 1. The van der Waals surface area contributed by atoms with Crippen LogP contribution in [0.1, 0.15) is 18.4 Å². The Morgan fingerprint density at radius 2 is 2.25 bits per heavy atom. The van der Waals surface area contributed by atoms with Gasteiger partial charge in [-0.1, -0.05) is 0 Å². The third kappa shape index (κ3) is 3.46. The lowest BCUT2D eigenvalue weighted by Crippen LogP contribution is -1.99. The van der Waals surface area contributed by atoms with Crippen LogP contribution in [0.15, 0.2) is 18.2 Å². The number of rotatable bonds is 6. The molecule has 1 aromatic carbocycles. The van der Waals surface area contributed by atoms with Gasteiger partial charge in [0.15, 0.2) is 0 Å². The molecule has 0 fully saturated rings. The average molecular weight is 223 g/mol. The van der Waals surface area contributed by atoms with Crippen LogP contribution in [-0.4, -0.2) is 25.2 Å². The van der Waals surface area contributed by atoms with E-state index in [-0.39, 0.29) is 6.42 Å². The summed E-state index contributed by atoms with van der Waals surface area (Å²) < 4.78 is 5.14. The molecule has 0 atom stereocenters. The van der Waals surface area contributed by atoms with Crippen molar-refractivity contribution in [1.82, 2.24) is 0 Å². The molecule has 0 saturated carbocycles. The molecular formula is C12H17NO3. The SMILES string of the molecule is CNc1ccc(OC)cc1CCCC(=O)O. The van der Waals surface area contributed by atoms with E-state index >= 15 is 0 Å². The van der Waals surface area contributed by atoms with Gasteiger partial charge in [-0.15, -0.1) is 0 Å². The Kier molecular flexibility index (Phi) is 4.64. The van der Waals surface area contributed by atoms with Crippen molar-refractivity contribution in [3.05, 3.63) is 23.8 Å². The first-order valence-corrected chi connectivity index (χ1v) is 5.24. The molecule has 0 amide bonds. The summed E-state index contributed by atoms with van der Waals surface area (Å²) in [5, 5.41) is 11.7. The number of carbonyl (C=O) groups is 1. The van der Waals surface area contributed by atoms with Crippen LogP contribution in [0.2, 0.25) is 0 Å². The zero-order valence-electron chi connectivity index (χ0n) is 9.62. The molecule has 0 aliphatic heterocycles. The van der Waals surface area contributed by atoms with Crippen LogP contribution in [0.25, 0.3) is 0 Å². The zero-order valence-corrected chi connectivity index (χ0v) is 9.62. The van der Waals surface area contributed by atoms with Gasteiger partial charge in [0, 0.05) is 19.2 Å². The average Bonchev–Trinajstić information content (AvgIpc) is 2.28. The number of ether oxygens (including phenoxy) is 1. The number of benzene rings is 1. The minimum atomic E-state index is -0.756. The van der Waals surface area contributed by atoms with E-state index in [1.165, 1.54) is 0 Å². The van der Waals surface area contributed by atoms with Crippen molar-refractivity contribution in [2.24, 2.45) is 0 Å². The molecule has 88 valence electrons. The van der Waals surface area contributed by atoms with Crippen LogP contribution in [0.5, 0.6) is 5.75 Å². The van der Waals surface area contributed by atoms with Gasteiger partial charge in [-0.25, -0.2) is 0 Å². The summed E-state index contributed by atoms with van der Waals surface area (Å²) in [7, 11) is 3.47. The topological polar surface area (TPSA) is 58.6 Å². The monoisotopic (exact) mass is 223 g/mol. The lowest BCUT2D eigenvalue weighted by molar-refractivity contribution is -0.137. The number of hydrogen-bond donors (Lipinski definition) is 2. The first-order chi connectivity index (χ1) is 7.67. The molecule has 4 heteroatoms. The van der Waals surface area contributed by atoms with Gasteiger partial charge in [0.25, 0.3) is 0 Å². The first-order valence-electron chi connectivity index (χ1n) is 5.24. The van der Waals surface area contributed by atoms with Crippen LogP contribution in [0, 0.1) is 0 Å². The summed E-state index contributed by atoms with van der Waals surface area (Å²) in [4.78, 5) is 10.4. The van der Waals surface area contributed by atoms with Crippen molar-refractivity contribution < 1.29 is 14.6 Å².